The summed E-state index contributed by atoms with van der Waals surface area (Å²) in [4.78, 5) is 21.3. The summed E-state index contributed by atoms with van der Waals surface area (Å²) in [6.45, 7) is 1.97. The lowest BCUT2D eigenvalue weighted by molar-refractivity contribution is -0.384. The lowest BCUT2D eigenvalue weighted by Gasteiger charge is -2.11. The fraction of sp³-hybridized carbons (Fsp3) is 0.133. The van der Waals surface area contributed by atoms with E-state index in [4.69, 9.17) is 0 Å². The number of non-ortho nitro benzene ring substituents is 1. The largest absolute Gasteiger partial charge is 0.381 e. The normalized spacial score (nSPS) is 9.95. The molecule has 0 aromatic heterocycles. The van der Waals surface area contributed by atoms with Gasteiger partial charge in [0.25, 0.3) is 5.69 Å². The molecule has 0 aliphatic rings. The Bertz CT molecular complexity index is 653. The molecule has 0 fully saturated rings. The number of nitro groups is 1. The third kappa shape index (κ3) is 4.04. The van der Waals surface area contributed by atoms with Gasteiger partial charge in [0, 0.05) is 37.0 Å². The van der Waals surface area contributed by atoms with Crippen LogP contribution in [0.4, 0.5) is 17.1 Å². The molecule has 0 bridgehead atoms. The van der Waals surface area contributed by atoms with Gasteiger partial charge in [0.05, 0.1) is 4.92 Å². The van der Waals surface area contributed by atoms with Crippen LogP contribution >= 0.6 is 0 Å². The van der Waals surface area contributed by atoms with Crippen LogP contribution < -0.4 is 10.6 Å². The van der Waals surface area contributed by atoms with Crippen molar-refractivity contribution in [3.8, 4) is 0 Å². The van der Waals surface area contributed by atoms with Crippen molar-refractivity contribution in [2.75, 3.05) is 10.6 Å². The highest BCUT2D eigenvalue weighted by Crippen LogP contribution is 2.19. The van der Waals surface area contributed by atoms with Crippen molar-refractivity contribution in [3.63, 3.8) is 0 Å². The van der Waals surface area contributed by atoms with Crippen molar-refractivity contribution < 1.29 is 9.72 Å². The van der Waals surface area contributed by atoms with E-state index in [1.54, 1.807) is 12.1 Å². The van der Waals surface area contributed by atoms with Crippen LogP contribution in [-0.4, -0.2) is 10.8 Å². The van der Waals surface area contributed by atoms with Crippen LogP contribution in [0.15, 0.2) is 48.5 Å². The number of amides is 1. The second kappa shape index (κ2) is 6.51. The quantitative estimate of drug-likeness (QED) is 0.652. The van der Waals surface area contributed by atoms with E-state index in [9.17, 15) is 14.9 Å². The minimum Gasteiger partial charge on any atom is -0.381 e. The van der Waals surface area contributed by atoms with E-state index in [1.165, 1.54) is 19.1 Å². The van der Waals surface area contributed by atoms with Gasteiger partial charge < -0.3 is 10.6 Å². The van der Waals surface area contributed by atoms with Gasteiger partial charge in [-0.3, -0.25) is 14.9 Å². The van der Waals surface area contributed by atoms with Crippen molar-refractivity contribution >= 4 is 23.0 Å². The van der Waals surface area contributed by atoms with Crippen molar-refractivity contribution in [1.82, 2.24) is 0 Å². The number of hydrogen-bond donors (Lipinski definition) is 2. The summed E-state index contributed by atoms with van der Waals surface area (Å²) >= 11 is 0. The molecule has 0 spiro atoms. The first kappa shape index (κ1) is 14.5. The molecule has 2 aromatic carbocycles. The molecular formula is C15H15N3O3. The summed E-state index contributed by atoms with van der Waals surface area (Å²) in [6.07, 6.45) is 0. The minimum absolute atomic E-state index is 0.0548. The Balaban J connectivity index is 2.06. The molecule has 6 heteroatoms. The van der Waals surface area contributed by atoms with Gasteiger partial charge in [-0.1, -0.05) is 18.2 Å². The van der Waals surface area contributed by atoms with Crippen molar-refractivity contribution in [1.29, 1.82) is 0 Å². The first-order valence-corrected chi connectivity index (χ1v) is 6.40. The van der Waals surface area contributed by atoms with Gasteiger partial charge in [0.2, 0.25) is 5.91 Å². The predicted octanol–water partition coefficient (Wildman–Crippen LogP) is 3.17. The molecule has 0 aliphatic carbocycles. The SMILES string of the molecule is CC(=O)Nc1ccccc1CNc1ccc([N+](=O)[O-])cc1. The maximum Gasteiger partial charge on any atom is 0.269 e. The van der Waals surface area contributed by atoms with E-state index in [2.05, 4.69) is 10.6 Å². The van der Waals surface area contributed by atoms with Crippen LogP contribution in [0, 0.1) is 10.1 Å². The van der Waals surface area contributed by atoms with E-state index in [0.717, 1.165) is 16.9 Å². The number of nitro benzene ring substituents is 1. The van der Waals surface area contributed by atoms with Crippen molar-refractivity contribution in [2.24, 2.45) is 0 Å². The molecule has 21 heavy (non-hydrogen) atoms. The molecule has 0 aliphatic heterocycles. The molecule has 0 radical (unpaired) electrons. The number of nitrogens with zero attached hydrogens (tertiary/aromatic N) is 1. The summed E-state index contributed by atoms with van der Waals surface area (Å²) in [6, 6.07) is 13.7. The zero-order valence-corrected chi connectivity index (χ0v) is 11.5. The van der Waals surface area contributed by atoms with Crippen LogP contribution in [0.25, 0.3) is 0 Å². The number of carbonyl (C=O) groups excluding carboxylic acids is 1. The maximum atomic E-state index is 11.1. The fourth-order valence-corrected chi connectivity index (χ4v) is 1.88. The van der Waals surface area contributed by atoms with Gasteiger partial charge in [-0.05, 0) is 23.8 Å². The van der Waals surface area contributed by atoms with E-state index in [1.807, 2.05) is 24.3 Å². The average Bonchev–Trinajstić information content (AvgIpc) is 2.46. The van der Waals surface area contributed by atoms with E-state index < -0.39 is 4.92 Å². The average molecular weight is 285 g/mol. The lowest BCUT2D eigenvalue weighted by Crippen LogP contribution is -2.10. The number of rotatable bonds is 5. The topological polar surface area (TPSA) is 84.3 Å². The predicted molar refractivity (Wildman–Crippen MR) is 81.2 cm³/mol. The van der Waals surface area contributed by atoms with Gasteiger partial charge >= 0.3 is 0 Å². The second-order valence-electron chi connectivity index (χ2n) is 4.50. The summed E-state index contributed by atoms with van der Waals surface area (Å²) in [5, 5.41) is 16.5. The van der Waals surface area contributed by atoms with Gasteiger partial charge in [-0.2, -0.15) is 0 Å². The van der Waals surface area contributed by atoms with Gasteiger partial charge in [-0.15, -0.1) is 0 Å². The summed E-state index contributed by atoms with van der Waals surface area (Å²) < 4.78 is 0. The summed E-state index contributed by atoms with van der Waals surface area (Å²) in [7, 11) is 0. The highest BCUT2D eigenvalue weighted by molar-refractivity contribution is 5.89. The molecule has 2 N–H and O–H groups in total. The number of anilines is 2. The molecular weight excluding hydrogens is 270 g/mol. The number of benzene rings is 2. The molecule has 2 aromatic rings. The van der Waals surface area contributed by atoms with E-state index in [0.29, 0.717) is 6.54 Å². The van der Waals surface area contributed by atoms with Crippen LogP contribution in [0.1, 0.15) is 12.5 Å². The van der Waals surface area contributed by atoms with Crippen LogP contribution in [0.5, 0.6) is 0 Å². The Morgan fingerprint density at radius 1 is 1.14 bits per heavy atom. The molecule has 0 heterocycles. The molecule has 0 unspecified atom stereocenters. The van der Waals surface area contributed by atoms with Gasteiger partial charge in [0.15, 0.2) is 0 Å². The maximum absolute atomic E-state index is 11.1. The Morgan fingerprint density at radius 3 is 2.43 bits per heavy atom. The van der Waals surface area contributed by atoms with Crippen LogP contribution in [-0.2, 0) is 11.3 Å². The highest BCUT2D eigenvalue weighted by atomic mass is 16.6. The first-order chi connectivity index (χ1) is 10.1. The zero-order valence-electron chi connectivity index (χ0n) is 11.5. The Hall–Kier alpha value is -2.89. The van der Waals surface area contributed by atoms with Gasteiger partial charge in [0.1, 0.15) is 0 Å². The minimum atomic E-state index is -0.435. The van der Waals surface area contributed by atoms with Crippen LogP contribution in [0.3, 0.4) is 0 Å². The lowest BCUT2D eigenvalue weighted by atomic mass is 10.1. The molecule has 108 valence electrons. The summed E-state index contributed by atoms with van der Waals surface area (Å²) in [5.74, 6) is -0.127. The Labute approximate surface area is 121 Å². The standard InChI is InChI=1S/C15H15N3O3/c1-11(19)17-15-5-3-2-4-12(15)10-16-13-6-8-14(9-7-13)18(20)21/h2-9,16H,10H2,1H3,(H,17,19). The third-order valence-corrected chi connectivity index (χ3v) is 2.89. The Morgan fingerprint density at radius 2 is 1.81 bits per heavy atom. The Kier molecular flexibility index (Phi) is 4.50. The molecule has 2 rings (SSSR count). The molecule has 1 amide bonds. The number of para-hydroxylation sites is 1. The van der Waals surface area contributed by atoms with Gasteiger partial charge in [-0.25, -0.2) is 0 Å². The first-order valence-electron chi connectivity index (χ1n) is 6.40. The van der Waals surface area contributed by atoms with Crippen LogP contribution in [0.2, 0.25) is 0 Å². The number of nitrogens with one attached hydrogen (secondary N) is 2. The second-order valence-corrected chi connectivity index (χ2v) is 4.50. The molecule has 6 nitrogen and oxygen atoms in total. The zero-order chi connectivity index (χ0) is 15.2. The molecule has 0 saturated carbocycles. The molecule has 0 saturated heterocycles. The number of hydrogen-bond acceptors (Lipinski definition) is 4. The summed E-state index contributed by atoms with van der Waals surface area (Å²) in [5.41, 5.74) is 2.52. The van der Waals surface area contributed by atoms with Crippen molar-refractivity contribution in [3.05, 3.63) is 64.2 Å². The highest BCUT2D eigenvalue weighted by Gasteiger charge is 2.05. The fourth-order valence-electron chi connectivity index (χ4n) is 1.88. The number of carbonyl (C=O) groups is 1. The monoisotopic (exact) mass is 285 g/mol. The van der Waals surface area contributed by atoms with E-state index in [-0.39, 0.29) is 11.6 Å². The third-order valence-electron chi connectivity index (χ3n) is 2.89. The van der Waals surface area contributed by atoms with E-state index >= 15 is 0 Å². The molecule has 0 atom stereocenters. The smallest absolute Gasteiger partial charge is 0.269 e. The van der Waals surface area contributed by atoms with Crippen molar-refractivity contribution in [2.45, 2.75) is 13.5 Å².